The van der Waals surface area contributed by atoms with Crippen LogP contribution in [-0.4, -0.2) is 32.8 Å². The van der Waals surface area contributed by atoms with Gasteiger partial charge in [0.15, 0.2) is 11.8 Å². The van der Waals surface area contributed by atoms with Gasteiger partial charge in [-0.1, -0.05) is 49.6 Å². The third-order valence-electron chi connectivity index (χ3n) is 5.65. The van der Waals surface area contributed by atoms with Crippen molar-refractivity contribution in [2.45, 2.75) is 58.1 Å². The SMILES string of the molecule is Cc1nn(C)c2nc(OC(C)C(=O)NC3CCCCC3)cc(-c3ccccc3)c12. The zero-order valence-corrected chi connectivity index (χ0v) is 17.3. The Kier molecular flexibility index (Phi) is 5.51. The Labute approximate surface area is 171 Å². The molecule has 2 aromatic heterocycles. The Morgan fingerprint density at radius 1 is 1.21 bits per heavy atom. The molecule has 2 heterocycles. The number of amides is 1. The van der Waals surface area contributed by atoms with Crippen LogP contribution >= 0.6 is 0 Å². The molecule has 152 valence electrons. The molecule has 1 amide bonds. The first kappa shape index (κ1) is 19.4. The Morgan fingerprint density at radius 3 is 2.66 bits per heavy atom. The summed E-state index contributed by atoms with van der Waals surface area (Å²) >= 11 is 0. The van der Waals surface area contributed by atoms with E-state index in [2.05, 4.69) is 27.5 Å². The second kappa shape index (κ2) is 8.23. The normalized spacial score (nSPS) is 16.0. The number of pyridine rings is 1. The quantitative estimate of drug-likeness (QED) is 0.708. The molecular formula is C23H28N4O2. The number of nitrogens with zero attached hydrogens (tertiary/aromatic N) is 3. The third-order valence-corrected chi connectivity index (χ3v) is 5.65. The van der Waals surface area contributed by atoms with Gasteiger partial charge in [-0.2, -0.15) is 10.1 Å². The van der Waals surface area contributed by atoms with Crippen molar-refractivity contribution in [2.24, 2.45) is 7.05 Å². The van der Waals surface area contributed by atoms with Crippen LogP contribution in [0.4, 0.5) is 0 Å². The number of ether oxygens (including phenoxy) is 1. The monoisotopic (exact) mass is 392 g/mol. The van der Waals surface area contributed by atoms with Gasteiger partial charge in [0.05, 0.1) is 11.1 Å². The molecule has 1 aliphatic rings. The van der Waals surface area contributed by atoms with Crippen molar-refractivity contribution in [1.29, 1.82) is 0 Å². The van der Waals surface area contributed by atoms with Gasteiger partial charge < -0.3 is 10.1 Å². The maximum absolute atomic E-state index is 12.6. The van der Waals surface area contributed by atoms with Gasteiger partial charge in [-0.05, 0) is 37.8 Å². The molecule has 6 heteroatoms. The number of carbonyl (C=O) groups is 1. The molecule has 0 spiro atoms. The number of rotatable bonds is 5. The molecule has 0 bridgehead atoms. The number of fused-ring (bicyclic) bond motifs is 1. The van der Waals surface area contributed by atoms with Crippen LogP contribution in [-0.2, 0) is 11.8 Å². The van der Waals surface area contributed by atoms with Crippen LogP contribution in [0.15, 0.2) is 36.4 Å². The minimum absolute atomic E-state index is 0.0822. The summed E-state index contributed by atoms with van der Waals surface area (Å²) in [7, 11) is 1.88. The Bertz CT molecular complexity index is 1010. The fraction of sp³-hybridized carbons (Fsp3) is 0.435. The van der Waals surface area contributed by atoms with Crippen LogP contribution in [0.1, 0.15) is 44.7 Å². The summed E-state index contributed by atoms with van der Waals surface area (Å²) in [5, 5.41) is 8.66. The van der Waals surface area contributed by atoms with Gasteiger partial charge >= 0.3 is 0 Å². The third kappa shape index (κ3) is 4.11. The summed E-state index contributed by atoms with van der Waals surface area (Å²) in [4.78, 5) is 17.3. The van der Waals surface area contributed by atoms with E-state index in [0.717, 1.165) is 40.7 Å². The lowest BCUT2D eigenvalue weighted by Gasteiger charge is -2.24. The summed E-state index contributed by atoms with van der Waals surface area (Å²) in [5.41, 5.74) is 3.75. The number of nitrogens with one attached hydrogen (secondary N) is 1. The maximum Gasteiger partial charge on any atom is 0.261 e. The van der Waals surface area contributed by atoms with Crippen molar-refractivity contribution >= 4 is 16.9 Å². The lowest BCUT2D eigenvalue weighted by molar-refractivity contribution is -0.128. The number of carbonyl (C=O) groups excluding carboxylic acids is 1. The van der Waals surface area contributed by atoms with Gasteiger partial charge in [0, 0.05) is 19.2 Å². The minimum Gasteiger partial charge on any atom is -0.464 e. The van der Waals surface area contributed by atoms with Crippen molar-refractivity contribution in [2.75, 3.05) is 0 Å². The predicted octanol–water partition coefficient (Wildman–Crippen LogP) is 4.16. The summed E-state index contributed by atoms with van der Waals surface area (Å²) in [6, 6.07) is 12.3. The molecule has 1 N–H and O–H groups in total. The van der Waals surface area contributed by atoms with Gasteiger partial charge in [0.1, 0.15) is 0 Å². The van der Waals surface area contributed by atoms with E-state index >= 15 is 0 Å². The van der Waals surface area contributed by atoms with Crippen LogP contribution in [0.3, 0.4) is 0 Å². The molecule has 3 aromatic rings. The highest BCUT2D eigenvalue weighted by atomic mass is 16.5. The molecule has 1 aromatic carbocycles. The average molecular weight is 393 g/mol. The topological polar surface area (TPSA) is 69.0 Å². The van der Waals surface area contributed by atoms with E-state index in [0.29, 0.717) is 5.88 Å². The van der Waals surface area contributed by atoms with Gasteiger partial charge in [0.2, 0.25) is 5.88 Å². The molecule has 1 aliphatic carbocycles. The zero-order valence-electron chi connectivity index (χ0n) is 17.3. The zero-order chi connectivity index (χ0) is 20.4. The number of aryl methyl sites for hydroxylation is 2. The first-order chi connectivity index (χ1) is 14.0. The first-order valence-electron chi connectivity index (χ1n) is 10.4. The first-order valence-corrected chi connectivity index (χ1v) is 10.4. The molecule has 1 atom stereocenters. The van der Waals surface area contributed by atoms with E-state index < -0.39 is 6.10 Å². The summed E-state index contributed by atoms with van der Waals surface area (Å²) in [6.07, 6.45) is 5.11. The molecule has 0 saturated heterocycles. The highest BCUT2D eigenvalue weighted by Crippen LogP contribution is 2.33. The Morgan fingerprint density at radius 2 is 1.93 bits per heavy atom. The van der Waals surface area contributed by atoms with Crippen molar-refractivity contribution in [3.05, 3.63) is 42.1 Å². The van der Waals surface area contributed by atoms with E-state index in [1.54, 1.807) is 11.6 Å². The minimum atomic E-state index is -0.611. The summed E-state index contributed by atoms with van der Waals surface area (Å²) in [5.74, 6) is 0.354. The van der Waals surface area contributed by atoms with Crippen molar-refractivity contribution < 1.29 is 9.53 Å². The lowest BCUT2D eigenvalue weighted by atomic mass is 9.95. The second-order valence-corrected chi connectivity index (χ2v) is 7.89. The highest BCUT2D eigenvalue weighted by molar-refractivity contribution is 5.95. The van der Waals surface area contributed by atoms with Gasteiger partial charge in [-0.25, -0.2) is 0 Å². The second-order valence-electron chi connectivity index (χ2n) is 7.89. The van der Waals surface area contributed by atoms with Gasteiger partial charge in [-0.3, -0.25) is 9.48 Å². The van der Waals surface area contributed by atoms with Crippen LogP contribution in [0.2, 0.25) is 0 Å². The van der Waals surface area contributed by atoms with Crippen LogP contribution < -0.4 is 10.1 Å². The Hall–Kier alpha value is -2.89. The molecule has 0 aliphatic heterocycles. The molecule has 29 heavy (non-hydrogen) atoms. The van der Waals surface area contributed by atoms with E-state index in [-0.39, 0.29) is 11.9 Å². The van der Waals surface area contributed by atoms with E-state index in [1.807, 2.05) is 38.2 Å². The molecule has 0 radical (unpaired) electrons. The van der Waals surface area contributed by atoms with Crippen LogP contribution in [0, 0.1) is 6.92 Å². The van der Waals surface area contributed by atoms with Gasteiger partial charge in [0.25, 0.3) is 5.91 Å². The Balaban J connectivity index is 1.62. The van der Waals surface area contributed by atoms with Crippen molar-refractivity contribution in [3.63, 3.8) is 0 Å². The predicted molar refractivity (Wildman–Crippen MR) is 114 cm³/mol. The van der Waals surface area contributed by atoms with Crippen LogP contribution in [0.25, 0.3) is 22.2 Å². The summed E-state index contributed by atoms with van der Waals surface area (Å²) in [6.45, 7) is 3.76. The standard InChI is InChI=1S/C23H28N4O2/c1-15-21-19(17-10-6-4-7-11-17)14-20(25-22(21)27(3)26-15)29-16(2)23(28)24-18-12-8-5-9-13-18/h4,6-7,10-11,14,16,18H,5,8-9,12-13H2,1-3H3,(H,24,28). The fourth-order valence-electron chi connectivity index (χ4n) is 4.13. The van der Waals surface area contributed by atoms with E-state index in [4.69, 9.17) is 4.74 Å². The largest absolute Gasteiger partial charge is 0.464 e. The number of aromatic nitrogens is 3. The highest BCUT2D eigenvalue weighted by Gasteiger charge is 2.22. The van der Waals surface area contributed by atoms with Crippen LogP contribution in [0.5, 0.6) is 5.88 Å². The molecule has 4 rings (SSSR count). The van der Waals surface area contributed by atoms with Gasteiger partial charge in [-0.15, -0.1) is 0 Å². The molecule has 1 saturated carbocycles. The number of hydrogen-bond donors (Lipinski definition) is 1. The smallest absolute Gasteiger partial charge is 0.261 e. The molecule has 1 unspecified atom stereocenters. The number of hydrogen-bond acceptors (Lipinski definition) is 4. The van der Waals surface area contributed by atoms with Crippen molar-refractivity contribution in [1.82, 2.24) is 20.1 Å². The summed E-state index contributed by atoms with van der Waals surface area (Å²) < 4.78 is 7.75. The van der Waals surface area contributed by atoms with Crippen molar-refractivity contribution in [3.8, 4) is 17.0 Å². The maximum atomic E-state index is 12.6. The molecule has 1 fully saturated rings. The molecular weight excluding hydrogens is 364 g/mol. The lowest BCUT2D eigenvalue weighted by Crippen LogP contribution is -2.43. The average Bonchev–Trinajstić information content (AvgIpc) is 3.02. The van der Waals surface area contributed by atoms with E-state index in [1.165, 1.54) is 19.3 Å². The molecule has 6 nitrogen and oxygen atoms in total. The fourth-order valence-corrected chi connectivity index (χ4v) is 4.13. The van der Waals surface area contributed by atoms with E-state index in [9.17, 15) is 4.79 Å². The number of benzene rings is 1.